The number of pyridine rings is 1. The zero-order chi connectivity index (χ0) is 13.8. The van der Waals surface area contributed by atoms with Crippen molar-refractivity contribution in [3.05, 3.63) is 30.1 Å². The molecule has 1 aromatic rings. The van der Waals surface area contributed by atoms with E-state index >= 15 is 0 Å². The van der Waals surface area contributed by atoms with Gasteiger partial charge in [-0.25, -0.2) is 4.79 Å². The number of hydrogen-bond acceptors (Lipinski definition) is 5. The molecular weight excluding hydrogens is 236 g/mol. The maximum absolute atomic E-state index is 10.8. The molecule has 0 aliphatic rings. The maximum atomic E-state index is 10.8. The minimum Gasteiger partial charge on any atom is -0.464 e. The predicted octanol–water partition coefficient (Wildman–Crippen LogP) is 0.0464. The van der Waals surface area contributed by atoms with Crippen molar-refractivity contribution in [2.45, 2.75) is 19.9 Å². The van der Waals surface area contributed by atoms with Crippen LogP contribution in [0.25, 0.3) is 0 Å². The Labute approximate surface area is 106 Å². The zero-order valence-corrected chi connectivity index (χ0v) is 10.5. The lowest BCUT2D eigenvalue weighted by molar-refractivity contribution is -0.147. The minimum atomic E-state index is -0.938. The van der Waals surface area contributed by atoms with Gasteiger partial charge in [0.1, 0.15) is 6.04 Å². The van der Waals surface area contributed by atoms with Gasteiger partial charge in [-0.1, -0.05) is 6.07 Å². The molecule has 6 heteroatoms. The van der Waals surface area contributed by atoms with E-state index in [9.17, 15) is 9.59 Å². The first-order valence-electron chi connectivity index (χ1n) is 5.50. The maximum Gasteiger partial charge on any atom is 0.331 e. The summed E-state index contributed by atoms with van der Waals surface area (Å²) >= 11 is 0. The van der Waals surface area contributed by atoms with Gasteiger partial charge < -0.3 is 15.2 Å². The fourth-order valence-corrected chi connectivity index (χ4v) is 0.968. The smallest absolute Gasteiger partial charge is 0.331 e. The van der Waals surface area contributed by atoms with Crippen LogP contribution in [0.4, 0.5) is 0 Å². The number of hydrogen-bond donors (Lipinski definition) is 2. The highest BCUT2D eigenvalue weighted by Crippen LogP contribution is 1.86. The van der Waals surface area contributed by atoms with E-state index in [0.29, 0.717) is 6.41 Å². The molecule has 1 amide bonds. The molecule has 0 spiro atoms. The van der Waals surface area contributed by atoms with Crippen LogP contribution >= 0.6 is 0 Å². The van der Waals surface area contributed by atoms with Crippen LogP contribution in [-0.2, 0) is 14.3 Å². The van der Waals surface area contributed by atoms with Crippen molar-refractivity contribution in [1.29, 1.82) is 0 Å². The molecule has 1 heterocycles. The monoisotopic (exact) mass is 254 g/mol. The van der Waals surface area contributed by atoms with Gasteiger partial charge in [0.25, 0.3) is 0 Å². The first-order valence-corrected chi connectivity index (χ1v) is 5.50. The van der Waals surface area contributed by atoms with Crippen molar-refractivity contribution in [2.75, 3.05) is 13.2 Å². The van der Waals surface area contributed by atoms with Gasteiger partial charge in [-0.3, -0.25) is 9.78 Å². The van der Waals surface area contributed by atoms with E-state index in [4.69, 9.17) is 5.11 Å². The highest BCUT2D eigenvalue weighted by atomic mass is 16.5. The summed E-state index contributed by atoms with van der Waals surface area (Å²) in [7, 11) is 0. The van der Waals surface area contributed by atoms with Gasteiger partial charge in [-0.05, 0) is 26.0 Å². The number of ether oxygens (including phenoxy) is 1. The number of aliphatic hydroxyl groups is 1. The predicted molar refractivity (Wildman–Crippen MR) is 65.7 cm³/mol. The number of amides is 1. The van der Waals surface area contributed by atoms with Crippen molar-refractivity contribution in [2.24, 2.45) is 0 Å². The summed E-state index contributed by atoms with van der Waals surface area (Å²) in [5.74, 6) is -0.623. The topological polar surface area (TPSA) is 88.5 Å². The molecule has 0 aliphatic carbocycles. The molecule has 1 unspecified atom stereocenters. The number of rotatable bonds is 5. The standard InChI is InChI=1S/C6H11NO4.C6H7N/c1-2-11-6(10)5(3-8)7-4-9;1-6-4-2-3-5-7-6/h4-5,8H,2-3H2,1H3,(H,7,9);2-5H,1H3. The lowest BCUT2D eigenvalue weighted by Gasteiger charge is -2.10. The van der Waals surface area contributed by atoms with E-state index in [1.807, 2.05) is 25.1 Å². The van der Waals surface area contributed by atoms with E-state index in [2.05, 4.69) is 15.0 Å². The molecular formula is C12H18N2O4. The summed E-state index contributed by atoms with van der Waals surface area (Å²) in [6, 6.07) is 4.92. The highest BCUT2D eigenvalue weighted by Gasteiger charge is 2.16. The molecule has 100 valence electrons. The molecule has 18 heavy (non-hydrogen) atoms. The van der Waals surface area contributed by atoms with E-state index < -0.39 is 18.6 Å². The molecule has 6 nitrogen and oxygen atoms in total. The van der Waals surface area contributed by atoms with Crippen LogP contribution in [0.2, 0.25) is 0 Å². The Hall–Kier alpha value is -1.95. The first kappa shape index (κ1) is 16.1. The third kappa shape index (κ3) is 7.34. The summed E-state index contributed by atoms with van der Waals surface area (Å²) < 4.78 is 4.53. The molecule has 0 fully saturated rings. The van der Waals surface area contributed by atoms with Crippen LogP contribution in [0.15, 0.2) is 24.4 Å². The highest BCUT2D eigenvalue weighted by molar-refractivity contribution is 5.78. The number of nitrogens with one attached hydrogen (secondary N) is 1. The molecule has 0 aromatic carbocycles. The second-order valence-corrected chi connectivity index (χ2v) is 3.24. The van der Waals surface area contributed by atoms with Crippen LogP contribution < -0.4 is 5.32 Å². The van der Waals surface area contributed by atoms with Gasteiger partial charge >= 0.3 is 5.97 Å². The quantitative estimate of drug-likeness (QED) is 0.572. The van der Waals surface area contributed by atoms with Crippen LogP contribution in [-0.4, -0.2) is 41.7 Å². The average Bonchev–Trinajstić information content (AvgIpc) is 2.38. The molecule has 2 N–H and O–H groups in total. The Morgan fingerprint density at radius 1 is 1.61 bits per heavy atom. The van der Waals surface area contributed by atoms with Crippen LogP contribution in [0, 0.1) is 6.92 Å². The number of aryl methyl sites for hydroxylation is 1. The Morgan fingerprint density at radius 3 is 2.67 bits per heavy atom. The van der Waals surface area contributed by atoms with Crippen molar-refractivity contribution >= 4 is 12.4 Å². The molecule has 0 bridgehead atoms. The SMILES string of the molecule is CCOC(=O)C(CO)NC=O.Cc1ccccn1. The van der Waals surface area contributed by atoms with E-state index in [0.717, 1.165) is 5.69 Å². The first-order chi connectivity index (χ1) is 8.65. The van der Waals surface area contributed by atoms with Gasteiger partial charge in [-0.15, -0.1) is 0 Å². The summed E-state index contributed by atoms with van der Waals surface area (Å²) in [4.78, 5) is 24.6. The molecule has 1 aromatic heterocycles. The van der Waals surface area contributed by atoms with Crippen molar-refractivity contribution in [1.82, 2.24) is 10.3 Å². The molecule has 0 radical (unpaired) electrons. The van der Waals surface area contributed by atoms with Crippen LogP contribution in [0.5, 0.6) is 0 Å². The third-order valence-corrected chi connectivity index (χ3v) is 1.84. The molecule has 1 rings (SSSR count). The summed E-state index contributed by atoms with van der Waals surface area (Å²) in [6.45, 7) is 3.40. The van der Waals surface area contributed by atoms with Gasteiger partial charge in [0.2, 0.25) is 6.41 Å². The van der Waals surface area contributed by atoms with Crippen LogP contribution in [0.1, 0.15) is 12.6 Å². The lowest BCUT2D eigenvalue weighted by Crippen LogP contribution is -2.40. The second kappa shape index (κ2) is 10.2. The normalized spacial score (nSPS) is 10.6. The Kier molecular flexibility index (Phi) is 9.11. The van der Waals surface area contributed by atoms with E-state index in [1.165, 1.54) is 0 Å². The molecule has 0 saturated heterocycles. The Balaban J connectivity index is 0.000000351. The van der Waals surface area contributed by atoms with Crippen molar-refractivity contribution in [3.63, 3.8) is 0 Å². The number of carbonyl (C=O) groups is 2. The third-order valence-electron chi connectivity index (χ3n) is 1.84. The van der Waals surface area contributed by atoms with E-state index in [1.54, 1.807) is 13.1 Å². The summed E-state index contributed by atoms with van der Waals surface area (Å²) in [5, 5.41) is 10.6. The lowest BCUT2D eigenvalue weighted by atomic mass is 10.3. The van der Waals surface area contributed by atoms with Gasteiger partial charge in [-0.2, -0.15) is 0 Å². The fourth-order valence-electron chi connectivity index (χ4n) is 0.968. The minimum absolute atomic E-state index is 0.232. The van der Waals surface area contributed by atoms with Crippen LogP contribution in [0.3, 0.4) is 0 Å². The second-order valence-electron chi connectivity index (χ2n) is 3.24. The van der Waals surface area contributed by atoms with E-state index in [-0.39, 0.29) is 6.61 Å². The van der Waals surface area contributed by atoms with Gasteiger partial charge in [0.15, 0.2) is 0 Å². The number of nitrogens with zero attached hydrogens (tertiary/aromatic N) is 1. The Bertz CT molecular complexity index is 343. The zero-order valence-electron chi connectivity index (χ0n) is 10.5. The number of aromatic nitrogens is 1. The van der Waals surface area contributed by atoms with Gasteiger partial charge in [0.05, 0.1) is 13.2 Å². The van der Waals surface area contributed by atoms with Crippen molar-refractivity contribution in [3.8, 4) is 0 Å². The summed E-state index contributed by atoms with van der Waals surface area (Å²) in [5.41, 5.74) is 1.07. The Morgan fingerprint density at radius 2 is 2.33 bits per heavy atom. The largest absolute Gasteiger partial charge is 0.464 e. The number of carbonyl (C=O) groups excluding carboxylic acids is 2. The summed E-state index contributed by atoms with van der Waals surface area (Å²) in [6.07, 6.45) is 2.13. The molecule has 0 aliphatic heterocycles. The van der Waals surface area contributed by atoms with Gasteiger partial charge in [0, 0.05) is 11.9 Å². The fraction of sp³-hybridized carbons (Fsp3) is 0.417. The number of aliphatic hydroxyl groups excluding tert-OH is 1. The van der Waals surface area contributed by atoms with Crippen molar-refractivity contribution < 1.29 is 19.4 Å². The average molecular weight is 254 g/mol. The molecule has 0 saturated carbocycles. The molecule has 1 atom stereocenters. The number of esters is 1.